The van der Waals surface area contributed by atoms with Crippen LogP contribution in [0.3, 0.4) is 0 Å². The molecule has 1 unspecified atom stereocenters. The predicted octanol–water partition coefficient (Wildman–Crippen LogP) is 2.56. The fourth-order valence-electron chi connectivity index (χ4n) is 1.80. The lowest BCUT2D eigenvalue weighted by Gasteiger charge is -2.18. The van der Waals surface area contributed by atoms with Crippen LogP contribution in [0.4, 0.5) is 0 Å². The number of aromatic nitrogens is 1. The number of aliphatic hydroxyl groups is 1. The summed E-state index contributed by atoms with van der Waals surface area (Å²) < 4.78 is 5.24. The van der Waals surface area contributed by atoms with Crippen LogP contribution in [0.25, 0.3) is 11.1 Å². The average molecular weight is 205 g/mol. The molecule has 15 heavy (non-hydrogen) atoms. The molecule has 0 aliphatic rings. The largest absolute Gasteiger partial charge is 0.443 e. The van der Waals surface area contributed by atoms with E-state index in [-0.39, 0.29) is 12.5 Å². The molecule has 3 nitrogen and oxygen atoms in total. The number of fused-ring (bicyclic) bond motifs is 1. The second-order valence-electron chi connectivity index (χ2n) is 4.11. The zero-order valence-corrected chi connectivity index (χ0v) is 8.97. The minimum absolute atomic E-state index is 0.164. The summed E-state index contributed by atoms with van der Waals surface area (Å²) in [6.07, 6.45) is 1.44. The lowest BCUT2D eigenvalue weighted by Crippen LogP contribution is -2.10. The molecule has 0 aliphatic carbocycles. The van der Waals surface area contributed by atoms with Crippen LogP contribution >= 0.6 is 0 Å². The van der Waals surface area contributed by atoms with E-state index >= 15 is 0 Å². The van der Waals surface area contributed by atoms with Gasteiger partial charge in [0.15, 0.2) is 12.0 Å². The summed E-state index contributed by atoms with van der Waals surface area (Å²) in [5.41, 5.74) is 2.75. The molecule has 1 atom stereocenters. The van der Waals surface area contributed by atoms with Crippen LogP contribution in [0, 0.1) is 5.92 Å². The quantitative estimate of drug-likeness (QED) is 0.837. The maximum absolute atomic E-state index is 9.33. The van der Waals surface area contributed by atoms with Gasteiger partial charge in [-0.25, -0.2) is 4.98 Å². The molecule has 3 heteroatoms. The highest BCUT2D eigenvalue weighted by Crippen LogP contribution is 2.26. The summed E-state index contributed by atoms with van der Waals surface area (Å²) in [5.74, 6) is 0.579. The van der Waals surface area contributed by atoms with Gasteiger partial charge in [0.2, 0.25) is 0 Å². The van der Waals surface area contributed by atoms with Gasteiger partial charge in [-0.05, 0) is 23.6 Å². The topological polar surface area (TPSA) is 46.3 Å². The number of rotatable bonds is 3. The summed E-state index contributed by atoms with van der Waals surface area (Å²) in [6, 6.07) is 5.90. The Bertz CT molecular complexity index is 448. The van der Waals surface area contributed by atoms with Crippen molar-refractivity contribution in [2.45, 2.75) is 19.8 Å². The number of benzene rings is 1. The number of oxazole rings is 1. The second-order valence-corrected chi connectivity index (χ2v) is 4.11. The molecule has 0 bridgehead atoms. The zero-order valence-electron chi connectivity index (χ0n) is 8.97. The van der Waals surface area contributed by atoms with E-state index in [2.05, 4.69) is 18.8 Å². The molecule has 0 radical (unpaired) electrons. The van der Waals surface area contributed by atoms with Crippen LogP contribution in [0.5, 0.6) is 0 Å². The van der Waals surface area contributed by atoms with E-state index in [0.717, 1.165) is 16.7 Å². The van der Waals surface area contributed by atoms with E-state index in [4.69, 9.17) is 4.42 Å². The SMILES string of the molecule is CC(C)C(CO)c1ccc2ncoc2c1. The van der Waals surface area contributed by atoms with Crippen LogP contribution in [0.15, 0.2) is 29.0 Å². The normalized spacial score (nSPS) is 13.6. The summed E-state index contributed by atoms with van der Waals surface area (Å²) >= 11 is 0. The summed E-state index contributed by atoms with van der Waals surface area (Å²) in [5, 5.41) is 9.33. The first kappa shape index (κ1) is 10.2. The number of nitrogens with zero attached hydrogens (tertiary/aromatic N) is 1. The fraction of sp³-hybridized carbons (Fsp3) is 0.417. The van der Waals surface area contributed by atoms with E-state index in [1.165, 1.54) is 6.39 Å². The van der Waals surface area contributed by atoms with E-state index in [1.807, 2.05) is 18.2 Å². The lowest BCUT2D eigenvalue weighted by atomic mass is 9.89. The van der Waals surface area contributed by atoms with Crippen molar-refractivity contribution in [1.82, 2.24) is 4.98 Å². The average Bonchev–Trinajstić information content (AvgIpc) is 2.65. The second kappa shape index (κ2) is 4.03. The van der Waals surface area contributed by atoms with Crippen LogP contribution in [0.2, 0.25) is 0 Å². The number of aliphatic hydroxyl groups excluding tert-OH is 1. The van der Waals surface area contributed by atoms with Crippen molar-refractivity contribution in [2.75, 3.05) is 6.61 Å². The van der Waals surface area contributed by atoms with Gasteiger partial charge >= 0.3 is 0 Å². The van der Waals surface area contributed by atoms with Gasteiger partial charge in [-0.15, -0.1) is 0 Å². The third-order valence-electron chi connectivity index (χ3n) is 2.78. The first-order valence-electron chi connectivity index (χ1n) is 5.16. The molecule has 80 valence electrons. The maximum atomic E-state index is 9.33. The van der Waals surface area contributed by atoms with Gasteiger partial charge in [-0.3, -0.25) is 0 Å². The van der Waals surface area contributed by atoms with Crippen LogP contribution < -0.4 is 0 Å². The molecule has 0 saturated carbocycles. The first-order valence-corrected chi connectivity index (χ1v) is 5.16. The molecule has 2 rings (SSSR count). The summed E-state index contributed by atoms with van der Waals surface area (Å²) in [4.78, 5) is 4.06. The van der Waals surface area contributed by atoms with Gasteiger partial charge in [0.1, 0.15) is 5.52 Å². The fourth-order valence-corrected chi connectivity index (χ4v) is 1.80. The lowest BCUT2D eigenvalue weighted by molar-refractivity contribution is 0.237. The Morgan fingerprint density at radius 3 is 2.87 bits per heavy atom. The first-order chi connectivity index (χ1) is 7.22. The van der Waals surface area contributed by atoms with Crippen LogP contribution in [-0.4, -0.2) is 16.7 Å². The third kappa shape index (κ3) is 1.88. The van der Waals surface area contributed by atoms with Crippen molar-refractivity contribution in [2.24, 2.45) is 5.92 Å². The van der Waals surface area contributed by atoms with Gasteiger partial charge < -0.3 is 9.52 Å². The van der Waals surface area contributed by atoms with Gasteiger partial charge in [-0.1, -0.05) is 19.9 Å². The van der Waals surface area contributed by atoms with E-state index in [1.54, 1.807) is 0 Å². The Labute approximate surface area is 88.7 Å². The minimum atomic E-state index is 0.164. The molecule has 1 heterocycles. The highest BCUT2D eigenvalue weighted by atomic mass is 16.3. The van der Waals surface area contributed by atoms with Crippen molar-refractivity contribution >= 4 is 11.1 Å². The molecule has 1 aromatic carbocycles. The van der Waals surface area contributed by atoms with E-state index < -0.39 is 0 Å². The molecule has 1 N–H and O–H groups in total. The maximum Gasteiger partial charge on any atom is 0.181 e. The Hall–Kier alpha value is -1.35. The van der Waals surface area contributed by atoms with Crippen molar-refractivity contribution < 1.29 is 9.52 Å². The van der Waals surface area contributed by atoms with Crippen molar-refractivity contribution in [3.05, 3.63) is 30.2 Å². The Balaban J connectivity index is 2.41. The van der Waals surface area contributed by atoms with Crippen LogP contribution in [0.1, 0.15) is 25.3 Å². The summed E-state index contributed by atoms with van der Waals surface area (Å²) in [6.45, 7) is 4.37. The highest BCUT2D eigenvalue weighted by molar-refractivity contribution is 5.72. The molecule has 0 saturated heterocycles. The molecule has 0 amide bonds. The minimum Gasteiger partial charge on any atom is -0.443 e. The van der Waals surface area contributed by atoms with Crippen molar-refractivity contribution in [1.29, 1.82) is 0 Å². The Kier molecular flexibility index (Phi) is 2.73. The molecule has 2 aromatic rings. The molecule has 0 spiro atoms. The molecule has 0 fully saturated rings. The molecular formula is C12H15NO2. The Morgan fingerprint density at radius 2 is 2.20 bits per heavy atom. The van der Waals surface area contributed by atoms with Gasteiger partial charge in [0.05, 0.1) is 6.61 Å². The van der Waals surface area contributed by atoms with Gasteiger partial charge in [0, 0.05) is 5.92 Å². The molecular weight excluding hydrogens is 190 g/mol. The smallest absolute Gasteiger partial charge is 0.181 e. The monoisotopic (exact) mass is 205 g/mol. The third-order valence-corrected chi connectivity index (χ3v) is 2.78. The predicted molar refractivity (Wildman–Crippen MR) is 58.7 cm³/mol. The van der Waals surface area contributed by atoms with Crippen LogP contribution in [-0.2, 0) is 0 Å². The van der Waals surface area contributed by atoms with Crippen molar-refractivity contribution in [3.63, 3.8) is 0 Å². The molecule has 1 aromatic heterocycles. The number of hydrogen-bond donors (Lipinski definition) is 1. The van der Waals surface area contributed by atoms with Gasteiger partial charge in [-0.2, -0.15) is 0 Å². The van der Waals surface area contributed by atoms with Crippen molar-refractivity contribution in [3.8, 4) is 0 Å². The van der Waals surface area contributed by atoms with Gasteiger partial charge in [0.25, 0.3) is 0 Å². The zero-order chi connectivity index (χ0) is 10.8. The van der Waals surface area contributed by atoms with E-state index in [9.17, 15) is 5.11 Å². The Morgan fingerprint density at radius 1 is 1.40 bits per heavy atom. The highest BCUT2D eigenvalue weighted by Gasteiger charge is 2.15. The van der Waals surface area contributed by atoms with E-state index in [0.29, 0.717) is 5.92 Å². The molecule has 0 aliphatic heterocycles. The number of hydrogen-bond acceptors (Lipinski definition) is 3. The summed E-state index contributed by atoms with van der Waals surface area (Å²) in [7, 11) is 0. The standard InChI is InChI=1S/C12H15NO2/c1-8(2)10(6-14)9-3-4-11-12(5-9)15-7-13-11/h3-5,7-8,10,14H,6H2,1-2H3.